The lowest BCUT2D eigenvalue weighted by atomic mass is 9.70. The molecule has 2 saturated carbocycles. The van der Waals surface area contributed by atoms with Crippen molar-refractivity contribution in [2.45, 2.75) is 106 Å². The zero-order chi connectivity index (χ0) is 28.3. The summed E-state index contributed by atoms with van der Waals surface area (Å²) in [5, 5.41) is 21.2. The van der Waals surface area contributed by atoms with Gasteiger partial charge in [-0.05, 0) is 50.7 Å². The lowest BCUT2D eigenvalue weighted by Crippen LogP contribution is -2.60. The molecule has 8 rings (SSSR count). The predicted molar refractivity (Wildman–Crippen MR) is 142 cm³/mol. The first-order chi connectivity index (χ1) is 19.9. The molecule has 2 N–H and O–H groups in total. The van der Waals surface area contributed by atoms with Crippen LogP contribution in [0.1, 0.15) is 80.4 Å². The van der Waals surface area contributed by atoms with Crippen LogP contribution in [0.25, 0.3) is 5.76 Å². The van der Waals surface area contributed by atoms with Crippen LogP contribution in [0.5, 0.6) is 5.75 Å². The molecule has 1 spiro atoms. The second-order valence-electron chi connectivity index (χ2n) is 12.9. The molecule has 3 saturated heterocycles. The van der Waals surface area contributed by atoms with Crippen molar-refractivity contribution in [2.24, 2.45) is 5.41 Å². The van der Waals surface area contributed by atoms with E-state index in [0.717, 1.165) is 50.5 Å². The Balaban J connectivity index is 1.27. The predicted octanol–water partition coefficient (Wildman–Crippen LogP) is 4.06. The van der Waals surface area contributed by atoms with E-state index < -0.39 is 40.9 Å². The molecule has 0 radical (unpaired) electrons. The molecule has 224 valence electrons. The maximum Gasteiger partial charge on any atom is 0.266 e. The zero-order valence-corrected chi connectivity index (χ0v) is 23.8. The highest BCUT2D eigenvalue weighted by Crippen LogP contribution is 2.75. The van der Waals surface area contributed by atoms with Crippen LogP contribution >= 0.6 is 0 Å². The average molecular weight is 575 g/mol. The van der Waals surface area contributed by atoms with Crippen LogP contribution in [0, 0.1) is 11.2 Å². The molecular weight excluding hydrogens is 535 g/mol. The quantitative estimate of drug-likeness (QED) is 0.316. The third kappa shape index (κ3) is 3.47. The van der Waals surface area contributed by atoms with Gasteiger partial charge in [0.25, 0.3) is 5.79 Å². The standard InChI is InChI=1S/C31H39FO9/c1-29-26(40-29)21-20-16(32)13-15-19(24(34)23-17(35-2)9-8-10-30(23)22(15)28(30)36-3)25(20)39-31(18-14-37-18,27(21)41-29)38-12-7-5-4-6-11-33/h13,17-18,21-22,26-28,33-34H,4-12,14H2,1-3H3/t17?,18-,21?,22?,26?,27?,28?,29?,30?,31-/m0/s1. The molecule has 4 heterocycles. The fourth-order valence-electron chi connectivity index (χ4n) is 8.86. The fraction of sp³-hybridized carbons (Fsp3) is 0.742. The molecule has 0 bridgehead atoms. The minimum atomic E-state index is -1.31. The van der Waals surface area contributed by atoms with E-state index in [-0.39, 0.29) is 36.6 Å². The molecule has 10 atom stereocenters. The molecule has 8 unspecified atom stereocenters. The van der Waals surface area contributed by atoms with Crippen LogP contribution in [0.15, 0.2) is 11.6 Å². The second kappa shape index (κ2) is 9.11. The largest absolute Gasteiger partial charge is 0.507 e. The van der Waals surface area contributed by atoms with E-state index in [1.165, 1.54) is 0 Å². The number of epoxide rings is 2. The van der Waals surface area contributed by atoms with Crippen molar-refractivity contribution in [2.75, 3.05) is 34.0 Å². The summed E-state index contributed by atoms with van der Waals surface area (Å²) in [6.45, 7) is 2.86. The lowest BCUT2D eigenvalue weighted by molar-refractivity contribution is -0.286. The number of unbranched alkanes of at least 4 members (excludes halogenated alkanes) is 3. The van der Waals surface area contributed by atoms with E-state index in [0.29, 0.717) is 35.7 Å². The number of aliphatic hydroxyl groups is 2. The Morgan fingerprint density at radius 3 is 2.61 bits per heavy atom. The number of methoxy groups -OCH3 is 2. The molecule has 10 heteroatoms. The molecule has 1 aromatic rings. The van der Waals surface area contributed by atoms with Gasteiger partial charge in [-0.25, -0.2) is 4.39 Å². The minimum absolute atomic E-state index is 0.102. The SMILES string of the molecule is COC1CCCC23C1=C(O)c1c(cc(F)c4c1O[C@@](OCCCCCCO)([C@@H]1CO1)C1OC5(C)OC5C41)C2C3OC. The Morgan fingerprint density at radius 1 is 1.10 bits per heavy atom. The topological polar surface area (TPSA) is 112 Å². The molecule has 0 aromatic heterocycles. The van der Waals surface area contributed by atoms with Gasteiger partial charge < -0.3 is 43.4 Å². The van der Waals surface area contributed by atoms with Gasteiger partial charge in [-0.3, -0.25) is 0 Å². The summed E-state index contributed by atoms with van der Waals surface area (Å²) >= 11 is 0. The molecule has 4 aliphatic heterocycles. The van der Waals surface area contributed by atoms with E-state index in [4.69, 9.17) is 38.3 Å². The van der Waals surface area contributed by atoms with Crippen LogP contribution in [0.2, 0.25) is 0 Å². The van der Waals surface area contributed by atoms with Crippen LogP contribution in [-0.2, 0) is 28.4 Å². The summed E-state index contributed by atoms with van der Waals surface area (Å²) in [5.41, 5.74) is 2.01. The Labute approximate surface area is 238 Å². The molecule has 0 amide bonds. The van der Waals surface area contributed by atoms with E-state index >= 15 is 4.39 Å². The normalized spacial score (nSPS) is 44.2. The van der Waals surface area contributed by atoms with E-state index in [1.54, 1.807) is 20.3 Å². The highest BCUT2D eigenvalue weighted by atomic mass is 19.1. The van der Waals surface area contributed by atoms with Gasteiger partial charge in [0.15, 0.2) is 5.79 Å². The Kier molecular flexibility index (Phi) is 5.96. The third-order valence-corrected chi connectivity index (χ3v) is 10.8. The number of benzene rings is 1. The van der Waals surface area contributed by atoms with Gasteiger partial charge in [0.2, 0.25) is 0 Å². The average Bonchev–Trinajstić information content (AvgIpc) is 3.90. The van der Waals surface area contributed by atoms with Gasteiger partial charge in [-0.15, -0.1) is 0 Å². The molecule has 7 aliphatic rings. The highest BCUT2D eigenvalue weighted by molar-refractivity contribution is 5.81. The monoisotopic (exact) mass is 574 g/mol. The van der Waals surface area contributed by atoms with Gasteiger partial charge in [0.1, 0.15) is 35.6 Å². The Hall–Kier alpha value is -1.79. The van der Waals surface area contributed by atoms with Crippen LogP contribution in [0.3, 0.4) is 0 Å². The number of aliphatic hydroxyl groups excluding tert-OH is 2. The van der Waals surface area contributed by atoms with Crippen molar-refractivity contribution in [1.82, 2.24) is 0 Å². The van der Waals surface area contributed by atoms with E-state index in [1.807, 2.05) is 6.92 Å². The molecule has 9 nitrogen and oxygen atoms in total. The zero-order valence-electron chi connectivity index (χ0n) is 23.8. The smallest absolute Gasteiger partial charge is 0.266 e. The maximum absolute atomic E-state index is 16.4. The Bertz CT molecular complexity index is 1300. The summed E-state index contributed by atoms with van der Waals surface area (Å²) in [7, 11) is 3.36. The van der Waals surface area contributed by atoms with Crippen molar-refractivity contribution < 1.29 is 47.8 Å². The van der Waals surface area contributed by atoms with Crippen molar-refractivity contribution in [3.8, 4) is 5.75 Å². The number of hydrogen-bond donors (Lipinski definition) is 2. The number of fused-ring (bicyclic) bond motifs is 8. The van der Waals surface area contributed by atoms with Crippen molar-refractivity contribution in [3.63, 3.8) is 0 Å². The van der Waals surface area contributed by atoms with Gasteiger partial charge in [0.05, 0.1) is 36.9 Å². The molecule has 5 fully saturated rings. The second-order valence-corrected chi connectivity index (χ2v) is 12.9. The summed E-state index contributed by atoms with van der Waals surface area (Å²) in [6.07, 6.45) is 4.08. The fourth-order valence-corrected chi connectivity index (χ4v) is 8.86. The molecule has 1 aromatic carbocycles. The van der Waals surface area contributed by atoms with Crippen LogP contribution in [0.4, 0.5) is 4.39 Å². The van der Waals surface area contributed by atoms with Crippen molar-refractivity contribution in [1.29, 1.82) is 0 Å². The van der Waals surface area contributed by atoms with Gasteiger partial charge in [-0.2, -0.15) is 0 Å². The van der Waals surface area contributed by atoms with Crippen LogP contribution < -0.4 is 4.74 Å². The first kappa shape index (κ1) is 26.8. The van der Waals surface area contributed by atoms with Crippen molar-refractivity contribution in [3.05, 3.63) is 34.1 Å². The maximum atomic E-state index is 16.4. The van der Waals surface area contributed by atoms with Crippen molar-refractivity contribution >= 4 is 5.76 Å². The summed E-state index contributed by atoms with van der Waals surface area (Å²) in [4.78, 5) is 0. The number of rotatable bonds is 10. The molecule has 41 heavy (non-hydrogen) atoms. The third-order valence-electron chi connectivity index (χ3n) is 10.8. The highest BCUT2D eigenvalue weighted by Gasteiger charge is 2.78. The first-order valence-corrected chi connectivity index (χ1v) is 15.1. The van der Waals surface area contributed by atoms with E-state index in [2.05, 4.69) is 0 Å². The van der Waals surface area contributed by atoms with Gasteiger partial charge in [-0.1, -0.05) is 12.8 Å². The lowest BCUT2D eigenvalue weighted by Gasteiger charge is -2.46. The Morgan fingerprint density at radius 2 is 1.88 bits per heavy atom. The summed E-state index contributed by atoms with van der Waals surface area (Å²) in [5.74, 6) is -2.75. The van der Waals surface area contributed by atoms with Gasteiger partial charge in [0, 0.05) is 43.3 Å². The summed E-state index contributed by atoms with van der Waals surface area (Å²) < 4.78 is 59.9. The summed E-state index contributed by atoms with van der Waals surface area (Å²) in [6, 6.07) is 1.57. The number of ether oxygens (including phenoxy) is 7. The van der Waals surface area contributed by atoms with Crippen LogP contribution in [-0.4, -0.2) is 86.3 Å². The molecular formula is C31H39FO9. The van der Waals surface area contributed by atoms with Gasteiger partial charge >= 0.3 is 0 Å². The molecule has 3 aliphatic carbocycles. The van der Waals surface area contributed by atoms with E-state index in [9.17, 15) is 5.11 Å². The number of hydrogen-bond acceptors (Lipinski definition) is 9. The minimum Gasteiger partial charge on any atom is -0.507 e. The first-order valence-electron chi connectivity index (χ1n) is 15.1. The number of halogens is 1.